The second-order valence-corrected chi connectivity index (χ2v) is 5.92. The standard InChI is InChI=1S/C13H27B/c1-11-8-6-5-7-9-13(3,14-4)10-12(11)2/h11-12,14H,5-10H2,1-4H3. The van der Waals surface area contributed by atoms with Crippen molar-refractivity contribution in [3.63, 3.8) is 0 Å². The van der Waals surface area contributed by atoms with Crippen LogP contribution in [-0.4, -0.2) is 7.28 Å². The van der Waals surface area contributed by atoms with Crippen molar-refractivity contribution in [3.05, 3.63) is 0 Å². The van der Waals surface area contributed by atoms with E-state index in [1.807, 2.05) is 0 Å². The van der Waals surface area contributed by atoms with Crippen molar-refractivity contribution in [1.29, 1.82) is 0 Å². The topological polar surface area (TPSA) is 0 Å². The summed E-state index contributed by atoms with van der Waals surface area (Å²) in [5, 5.41) is 0.637. The maximum Gasteiger partial charge on any atom is 0.124 e. The summed E-state index contributed by atoms with van der Waals surface area (Å²) in [7, 11) is 1.37. The van der Waals surface area contributed by atoms with Crippen LogP contribution < -0.4 is 0 Å². The molecule has 0 nitrogen and oxygen atoms in total. The lowest BCUT2D eigenvalue weighted by molar-refractivity contribution is 0.309. The van der Waals surface area contributed by atoms with Gasteiger partial charge in [0.05, 0.1) is 0 Å². The molecule has 0 aromatic carbocycles. The van der Waals surface area contributed by atoms with Gasteiger partial charge in [-0.25, -0.2) is 0 Å². The third-order valence-electron chi connectivity index (χ3n) is 4.58. The summed E-state index contributed by atoms with van der Waals surface area (Å²) in [6, 6.07) is 0. The van der Waals surface area contributed by atoms with E-state index in [-0.39, 0.29) is 0 Å². The smallest absolute Gasteiger partial charge is 0.0889 e. The third-order valence-corrected chi connectivity index (χ3v) is 4.58. The summed E-state index contributed by atoms with van der Waals surface area (Å²) in [5.41, 5.74) is 0. The van der Waals surface area contributed by atoms with Gasteiger partial charge in [0.2, 0.25) is 0 Å². The van der Waals surface area contributed by atoms with Crippen LogP contribution >= 0.6 is 0 Å². The zero-order valence-electron chi connectivity index (χ0n) is 10.6. The van der Waals surface area contributed by atoms with Crippen molar-refractivity contribution in [2.24, 2.45) is 11.8 Å². The maximum absolute atomic E-state index is 2.50. The molecule has 0 aliphatic heterocycles. The predicted octanol–water partition coefficient (Wildman–Crippen LogP) is 4.28. The van der Waals surface area contributed by atoms with E-state index in [0.29, 0.717) is 5.31 Å². The molecule has 0 bridgehead atoms. The fourth-order valence-corrected chi connectivity index (χ4v) is 2.88. The minimum absolute atomic E-state index is 0.637. The first-order chi connectivity index (χ1) is 6.57. The van der Waals surface area contributed by atoms with E-state index in [4.69, 9.17) is 0 Å². The lowest BCUT2D eigenvalue weighted by Crippen LogP contribution is -2.20. The summed E-state index contributed by atoms with van der Waals surface area (Å²) in [6.07, 6.45) is 8.76. The van der Waals surface area contributed by atoms with Gasteiger partial charge in [0.15, 0.2) is 0 Å². The molecule has 0 spiro atoms. The van der Waals surface area contributed by atoms with Crippen LogP contribution in [-0.2, 0) is 0 Å². The molecule has 3 unspecified atom stereocenters. The van der Waals surface area contributed by atoms with Gasteiger partial charge in [-0.15, -0.1) is 0 Å². The Bertz CT molecular complexity index is 167. The molecule has 0 N–H and O–H groups in total. The van der Waals surface area contributed by atoms with Crippen LogP contribution in [0.2, 0.25) is 12.1 Å². The van der Waals surface area contributed by atoms with E-state index < -0.39 is 0 Å². The Labute approximate surface area is 91.1 Å². The molecule has 1 rings (SSSR count). The van der Waals surface area contributed by atoms with E-state index in [1.165, 1.54) is 45.8 Å². The van der Waals surface area contributed by atoms with E-state index in [1.54, 1.807) is 0 Å². The Morgan fingerprint density at radius 3 is 2.43 bits per heavy atom. The van der Waals surface area contributed by atoms with Crippen molar-refractivity contribution in [2.75, 3.05) is 0 Å². The highest BCUT2D eigenvalue weighted by Gasteiger charge is 2.28. The van der Waals surface area contributed by atoms with Gasteiger partial charge in [-0.1, -0.05) is 71.4 Å². The lowest BCUT2D eigenvalue weighted by atomic mass is 9.50. The lowest BCUT2D eigenvalue weighted by Gasteiger charge is -2.32. The average molecular weight is 194 g/mol. The average Bonchev–Trinajstić information content (AvgIpc) is 2.21. The fraction of sp³-hybridized carbons (Fsp3) is 1.00. The van der Waals surface area contributed by atoms with Crippen LogP contribution in [0.3, 0.4) is 0 Å². The zero-order valence-corrected chi connectivity index (χ0v) is 10.6. The molecular weight excluding hydrogens is 167 g/mol. The van der Waals surface area contributed by atoms with Gasteiger partial charge in [0.1, 0.15) is 7.28 Å². The number of hydrogen-bond acceptors (Lipinski definition) is 0. The van der Waals surface area contributed by atoms with E-state index in [0.717, 1.165) is 11.8 Å². The molecule has 14 heavy (non-hydrogen) atoms. The Morgan fingerprint density at radius 2 is 1.79 bits per heavy atom. The van der Waals surface area contributed by atoms with Crippen LogP contribution in [0.1, 0.15) is 59.3 Å². The highest BCUT2D eigenvalue weighted by Crippen LogP contribution is 2.42. The molecular formula is C13H27B. The second-order valence-electron chi connectivity index (χ2n) is 5.92. The largest absolute Gasteiger partial charge is 0.124 e. The van der Waals surface area contributed by atoms with Crippen molar-refractivity contribution in [1.82, 2.24) is 0 Å². The molecule has 1 saturated carbocycles. The maximum atomic E-state index is 2.50. The SMILES string of the molecule is CBC1(C)CCCCCC(C)C(C)C1. The molecule has 0 saturated heterocycles. The third kappa shape index (κ3) is 3.33. The van der Waals surface area contributed by atoms with E-state index in [2.05, 4.69) is 27.6 Å². The monoisotopic (exact) mass is 194 g/mol. The van der Waals surface area contributed by atoms with Crippen molar-refractivity contribution < 1.29 is 0 Å². The highest BCUT2D eigenvalue weighted by atomic mass is 14.3. The van der Waals surface area contributed by atoms with Gasteiger partial charge < -0.3 is 0 Å². The van der Waals surface area contributed by atoms with Gasteiger partial charge in [0.25, 0.3) is 0 Å². The van der Waals surface area contributed by atoms with Crippen molar-refractivity contribution in [3.8, 4) is 0 Å². The Balaban J connectivity index is 2.61. The minimum Gasteiger partial charge on any atom is -0.0889 e. The summed E-state index contributed by atoms with van der Waals surface area (Å²) in [6.45, 7) is 9.78. The molecule has 0 heterocycles. The Kier molecular flexibility index (Phi) is 4.54. The summed E-state index contributed by atoms with van der Waals surface area (Å²) in [4.78, 5) is 0. The van der Waals surface area contributed by atoms with Gasteiger partial charge in [-0.2, -0.15) is 0 Å². The van der Waals surface area contributed by atoms with E-state index >= 15 is 0 Å². The van der Waals surface area contributed by atoms with E-state index in [9.17, 15) is 0 Å². The van der Waals surface area contributed by atoms with Crippen LogP contribution in [0.4, 0.5) is 0 Å². The summed E-state index contributed by atoms with van der Waals surface area (Å²) < 4.78 is 0. The Morgan fingerprint density at radius 1 is 1.07 bits per heavy atom. The molecule has 1 aliphatic carbocycles. The number of rotatable bonds is 1. The molecule has 82 valence electrons. The normalized spacial score (nSPS) is 40.9. The molecule has 0 aromatic rings. The first kappa shape index (κ1) is 12.1. The quantitative estimate of drug-likeness (QED) is 0.546. The van der Waals surface area contributed by atoms with Crippen molar-refractivity contribution >= 4 is 7.28 Å². The first-order valence-electron chi connectivity index (χ1n) is 6.57. The Hall–Kier alpha value is 0.0649. The van der Waals surface area contributed by atoms with Crippen LogP contribution in [0, 0.1) is 11.8 Å². The van der Waals surface area contributed by atoms with Crippen LogP contribution in [0.5, 0.6) is 0 Å². The predicted molar refractivity (Wildman–Crippen MR) is 67.4 cm³/mol. The second kappa shape index (κ2) is 5.23. The summed E-state index contributed by atoms with van der Waals surface area (Å²) in [5.74, 6) is 1.87. The fourth-order valence-electron chi connectivity index (χ4n) is 2.88. The van der Waals surface area contributed by atoms with Gasteiger partial charge in [0, 0.05) is 0 Å². The molecule has 1 heteroatoms. The molecule has 3 atom stereocenters. The van der Waals surface area contributed by atoms with Gasteiger partial charge >= 0.3 is 0 Å². The zero-order chi connectivity index (χ0) is 10.6. The molecule has 0 aromatic heterocycles. The minimum atomic E-state index is 0.637. The molecule has 0 radical (unpaired) electrons. The van der Waals surface area contributed by atoms with Gasteiger partial charge in [-0.05, 0) is 11.8 Å². The van der Waals surface area contributed by atoms with Gasteiger partial charge in [-0.3, -0.25) is 0 Å². The number of hydrogen-bond donors (Lipinski definition) is 0. The first-order valence-corrected chi connectivity index (χ1v) is 6.57. The summed E-state index contributed by atoms with van der Waals surface area (Å²) >= 11 is 0. The molecule has 1 fully saturated rings. The molecule has 1 aliphatic rings. The van der Waals surface area contributed by atoms with Crippen LogP contribution in [0.15, 0.2) is 0 Å². The highest BCUT2D eigenvalue weighted by molar-refractivity contribution is 6.38. The molecule has 0 amide bonds. The van der Waals surface area contributed by atoms with Crippen LogP contribution in [0.25, 0.3) is 0 Å². The van der Waals surface area contributed by atoms with Crippen molar-refractivity contribution in [2.45, 2.75) is 71.4 Å².